The Kier molecular flexibility index (Phi) is 6.23. The van der Waals surface area contributed by atoms with Gasteiger partial charge in [-0.05, 0) is 35.9 Å². The lowest BCUT2D eigenvalue weighted by atomic mass is 10.2. The van der Waals surface area contributed by atoms with Crippen molar-refractivity contribution < 1.29 is 27.8 Å². The minimum Gasteiger partial charge on any atom is -0.489 e. The molecular formula is C21H17F2NO5. The Hall–Kier alpha value is -3.68. The summed E-state index contributed by atoms with van der Waals surface area (Å²) < 4.78 is 43.3. The van der Waals surface area contributed by atoms with E-state index in [1.165, 1.54) is 48.2 Å². The summed E-state index contributed by atoms with van der Waals surface area (Å²) in [6, 6.07) is 12.6. The van der Waals surface area contributed by atoms with Crippen molar-refractivity contribution in [2.75, 3.05) is 13.7 Å². The van der Waals surface area contributed by atoms with E-state index in [4.69, 9.17) is 9.47 Å². The molecule has 0 aliphatic rings. The van der Waals surface area contributed by atoms with Crippen molar-refractivity contribution in [3.63, 3.8) is 0 Å². The molecule has 6 nitrogen and oxygen atoms in total. The van der Waals surface area contributed by atoms with E-state index in [9.17, 15) is 18.4 Å². The Morgan fingerprint density at radius 1 is 1.00 bits per heavy atom. The van der Waals surface area contributed by atoms with Crippen molar-refractivity contribution in [3.8, 4) is 17.2 Å². The summed E-state index contributed by atoms with van der Waals surface area (Å²) >= 11 is 0. The number of halogens is 2. The number of carbonyl (C=O) groups is 1. The maximum absolute atomic E-state index is 14.2. The highest BCUT2D eigenvalue weighted by molar-refractivity contribution is 5.70. The molecule has 0 unspecified atom stereocenters. The van der Waals surface area contributed by atoms with Crippen molar-refractivity contribution in [1.82, 2.24) is 4.57 Å². The average molecular weight is 401 g/mol. The second-order valence-electron chi connectivity index (χ2n) is 5.97. The van der Waals surface area contributed by atoms with Crippen LogP contribution in [-0.4, -0.2) is 24.3 Å². The number of hydrogen-bond donors (Lipinski definition) is 0. The first-order valence-corrected chi connectivity index (χ1v) is 8.56. The van der Waals surface area contributed by atoms with Gasteiger partial charge in [-0.15, -0.1) is 0 Å². The Morgan fingerprint density at radius 2 is 1.76 bits per heavy atom. The fraction of sp³-hybridized carbons (Fsp3) is 0.143. The average Bonchev–Trinajstić information content (AvgIpc) is 2.72. The minimum atomic E-state index is -0.727. The smallest absolute Gasteiger partial charge is 0.343 e. The zero-order valence-corrected chi connectivity index (χ0v) is 15.4. The van der Waals surface area contributed by atoms with Crippen LogP contribution in [0, 0.1) is 11.6 Å². The van der Waals surface area contributed by atoms with Gasteiger partial charge in [0.05, 0.1) is 12.8 Å². The van der Waals surface area contributed by atoms with Gasteiger partial charge in [-0.2, -0.15) is 0 Å². The molecule has 0 atom stereocenters. The molecule has 0 fully saturated rings. The van der Waals surface area contributed by atoms with Gasteiger partial charge in [0.15, 0.2) is 18.2 Å². The Balaban J connectivity index is 1.71. The maximum Gasteiger partial charge on any atom is 0.343 e. The lowest BCUT2D eigenvalue weighted by Crippen LogP contribution is -2.17. The molecule has 0 aliphatic carbocycles. The third-order valence-corrected chi connectivity index (χ3v) is 3.98. The topological polar surface area (TPSA) is 66.8 Å². The van der Waals surface area contributed by atoms with E-state index in [1.54, 1.807) is 18.2 Å². The molecule has 1 aromatic heterocycles. The predicted octanol–water partition coefficient (Wildman–Crippen LogP) is 3.25. The fourth-order valence-corrected chi connectivity index (χ4v) is 2.46. The predicted molar refractivity (Wildman–Crippen MR) is 100 cm³/mol. The molecule has 0 bridgehead atoms. The van der Waals surface area contributed by atoms with Gasteiger partial charge in [-0.3, -0.25) is 9.36 Å². The molecule has 8 heteroatoms. The number of methoxy groups -OCH3 is 1. The third-order valence-electron chi connectivity index (χ3n) is 3.98. The summed E-state index contributed by atoms with van der Waals surface area (Å²) in [5, 5.41) is 0. The molecule has 0 amide bonds. The summed E-state index contributed by atoms with van der Waals surface area (Å²) in [4.78, 5) is 23.4. The van der Waals surface area contributed by atoms with E-state index in [0.717, 1.165) is 11.6 Å². The second kappa shape index (κ2) is 9.01. The number of rotatable bonds is 7. The van der Waals surface area contributed by atoms with Crippen molar-refractivity contribution in [2.24, 2.45) is 0 Å². The van der Waals surface area contributed by atoms with Crippen molar-refractivity contribution in [2.45, 2.75) is 6.61 Å². The number of carbonyl (C=O) groups excluding carboxylic acids is 1. The number of aromatic nitrogens is 1. The molecule has 3 rings (SSSR count). The van der Waals surface area contributed by atoms with Gasteiger partial charge < -0.3 is 14.2 Å². The van der Waals surface area contributed by atoms with Crippen LogP contribution in [0.1, 0.15) is 5.56 Å². The summed E-state index contributed by atoms with van der Waals surface area (Å²) in [6.07, 6.45) is 1.45. The number of hydrogen-bond acceptors (Lipinski definition) is 5. The molecule has 0 N–H and O–H groups in total. The second-order valence-corrected chi connectivity index (χ2v) is 5.97. The summed E-state index contributed by atoms with van der Waals surface area (Å²) in [5.74, 6) is -1.51. The summed E-state index contributed by atoms with van der Waals surface area (Å²) in [5.41, 5.74) is 0.604. The quantitative estimate of drug-likeness (QED) is 0.569. The first kappa shape index (κ1) is 20.1. The first-order chi connectivity index (χ1) is 14.0. The maximum atomic E-state index is 14.2. The molecule has 1 heterocycles. The number of ether oxygens (including phenoxy) is 3. The fourth-order valence-electron chi connectivity index (χ4n) is 2.46. The van der Waals surface area contributed by atoms with Crippen LogP contribution in [0.15, 0.2) is 65.6 Å². The number of pyridine rings is 1. The van der Waals surface area contributed by atoms with Gasteiger partial charge in [-0.1, -0.05) is 12.1 Å². The van der Waals surface area contributed by atoms with Crippen molar-refractivity contribution in [1.29, 1.82) is 0 Å². The largest absolute Gasteiger partial charge is 0.489 e. The van der Waals surface area contributed by atoms with E-state index in [2.05, 4.69) is 4.74 Å². The monoisotopic (exact) mass is 401 g/mol. The highest BCUT2D eigenvalue weighted by atomic mass is 19.1. The lowest BCUT2D eigenvalue weighted by Gasteiger charge is -2.11. The molecule has 29 heavy (non-hydrogen) atoms. The van der Waals surface area contributed by atoms with E-state index < -0.39 is 24.0 Å². The van der Waals surface area contributed by atoms with E-state index in [0.29, 0.717) is 5.75 Å². The minimum absolute atomic E-state index is 0.133. The van der Waals surface area contributed by atoms with Crippen LogP contribution >= 0.6 is 0 Å². The zero-order valence-electron chi connectivity index (χ0n) is 15.4. The Labute approximate surface area is 164 Å². The molecule has 150 valence electrons. The summed E-state index contributed by atoms with van der Waals surface area (Å²) in [6.45, 7) is -0.253. The van der Waals surface area contributed by atoms with E-state index >= 15 is 0 Å². The number of benzene rings is 2. The Bertz CT molecular complexity index is 1060. The first-order valence-electron chi connectivity index (χ1n) is 8.56. The third kappa shape index (κ3) is 5.19. The molecule has 0 spiro atoms. The van der Waals surface area contributed by atoms with Crippen LogP contribution in [0.2, 0.25) is 0 Å². The van der Waals surface area contributed by atoms with Crippen LogP contribution in [0.3, 0.4) is 0 Å². The van der Waals surface area contributed by atoms with Crippen LogP contribution in [0.4, 0.5) is 8.78 Å². The standard InChI is InChI=1S/C21H17F2NO5/c1-27-21(26)13-29-19-7-6-16(10-18(19)23)24-9-8-17(11-20(24)25)28-12-14-2-4-15(22)5-3-14/h2-11H,12-13H2,1H3. The molecule has 3 aromatic rings. The van der Waals surface area contributed by atoms with E-state index in [1.807, 2.05) is 0 Å². The van der Waals surface area contributed by atoms with Gasteiger partial charge in [0.25, 0.3) is 5.56 Å². The van der Waals surface area contributed by atoms with Crippen LogP contribution < -0.4 is 15.0 Å². The van der Waals surface area contributed by atoms with E-state index in [-0.39, 0.29) is 23.9 Å². The van der Waals surface area contributed by atoms with Gasteiger partial charge >= 0.3 is 5.97 Å². The molecule has 0 radical (unpaired) electrons. The van der Waals surface area contributed by atoms with Crippen molar-refractivity contribution >= 4 is 5.97 Å². The van der Waals surface area contributed by atoms with Crippen LogP contribution in [0.5, 0.6) is 11.5 Å². The van der Waals surface area contributed by atoms with Gasteiger partial charge in [0, 0.05) is 18.3 Å². The summed E-state index contributed by atoms with van der Waals surface area (Å²) in [7, 11) is 1.20. The molecular weight excluding hydrogens is 384 g/mol. The van der Waals surface area contributed by atoms with Gasteiger partial charge in [0.1, 0.15) is 18.2 Å². The molecule has 0 saturated carbocycles. The number of nitrogens with zero attached hydrogens (tertiary/aromatic N) is 1. The highest BCUT2D eigenvalue weighted by Gasteiger charge is 2.10. The van der Waals surface area contributed by atoms with Gasteiger partial charge in [0.2, 0.25) is 0 Å². The molecule has 0 aliphatic heterocycles. The highest BCUT2D eigenvalue weighted by Crippen LogP contribution is 2.20. The Morgan fingerprint density at radius 3 is 2.41 bits per heavy atom. The normalized spacial score (nSPS) is 10.4. The lowest BCUT2D eigenvalue weighted by molar-refractivity contribution is -0.142. The van der Waals surface area contributed by atoms with Crippen LogP contribution in [0.25, 0.3) is 5.69 Å². The molecule has 2 aromatic carbocycles. The number of esters is 1. The van der Waals surface area contributed by atoms with Crippen LogP contribution in [-0.2, 0) is 16.1 Å². The SMILES string of the molecule is COC(=O)COc1ccc(-n2ccc(OCc3ccc(F)cc3)cc2=O)cc1F. The van der Waals surface area contributed by atoms with Gasteiger partial charge in [-0.25, -0.2) is 13.6 Å². The van der Waals surface area contributed by atoms with Crippen molar-refractivity contribution in [3.05, 3.63) is 88.3 Å². The molecule has 0 saturated heterocycles. The zero-order chi connectivity index (χ0) is 20.8.